The maximum atomic E-state index is 5.55. The molecule has 1 atom stereocenters. The highest BCUT2D eigenvalue weighted by Crippen LogP contribution is 2.35. The molecule has 4 rings (SSSR count). The van der Waals surface area contributed by atoms with Crippen LogP contribution in [0.5, 0.6) is 0 Å². The highest BCUT2D eigenvalue weighted by molar-refractivity contribution is 7.13. The van der Waals surface area contributed by atoms with E-state index in [1.807, 2.05) is 0 Å². The van der Waals surface area contributed by atoms with Crippen molar-refractivity contribution in [2.75, 3.05) is 19.6 Å². The molecule has 2 aromatic heterocycles. The highest BCUT2D eigenvalue weighted by atomic mass is 32.1. The number of nitrogens with zero attached hydrogens (tertiary/aromatic N) is 4. The minimum atomic E-state index is 0.294. The quantitative estimate of drug-likeness (QED) is 0.936. The zero-order valence-corrected chi connectivity index (χ0v) is 12.7. The Labute approximate surface area is 127 Å². The fourth-order valence-electron chi connectivity index (χ4n) is 3.43. The van der Waals surface area contributed by atoms with E-state index in [0.29, 0.717) is 17.9 Å². The standard InChI is InChI=1S/C14H19N5OS/c1-2-11(19(7-1)10-3-5-15-6-4-10)14-17-13(18-20-14)12-8-16-9-21-12/h8-11,15H,1-7H2. The summed E-state index contributed by atoms with van der Waals surface area (Å²) in [7, 11) is 0. The molecule has 0 aromatic carbocycles. The number of thiazole rings is 1. The van der Waals surface area contributed by atoms with Crippen LogP contribution in [0, 0.1) is 0 Å². The van der Waals surface area contributed by atoms with Gasteiger partial charge in [0.1, 0.15) is 0 Å². The SMILES string of the molecule is c1ncc(-c2noc(C3CCCN3C3CCNCC3)n2)s1. The van der Waals surface area contributed by atoms with E-state index in [1.165, 1.54) is 19.3 Å². The van der Waals surface area contributed by atoms with Crippen molar-refractivity contribution < 1.29 is 4.52 Å². The third-order valence-electron chi connectivity index (χ3n) is 4.45. The van der Waals surface area contributed by atoms with Gasteiger partial charge >= 0.3 is 0 Å². The van der Waals surface area contributed by atoms with Crippen molar-refractivity contribution in [1.29, 1.82) is 0 Å². The van der Waals surface area contributed by atoms with Crippen LogP contribution in [0.2, 0.25) is 0 Å². The Morgan fingerprint density at radius 1 is 1.29 bits per heavy atom. The molecule has 1 unspecified atom stereocenters. The topological polar surface area (TPSA) is 67.1 Å². The van der Waals surface area contributed by atoms with Gasteiger partial charge in [0.05, 0.1) is 16.4 Å². The monoisotopic (exact) mass is 305 g/mol. The molecule has 0 radical (unpaired) electrons. The van der Waals surface area contributed by atoms with Gasteiger partial charge in [-0.3, -0.25) is 9.88 Å². The van der Waals surface area contributed by atoms with Gasteiger partial charge in [0, 0.05) is 12.2 Å². The van der Waals surface area contributed by atoms with Gasteiger partial charge in [-0.15, -0.1) is 11.3 Å². The lowest BCUT2D eigenvalue weighted by Gasteiger charge is -2.34. The summed E-state index contributed by atoms with van der Waals surface area (Å²) in [5.74, 6) is 1.44. The minimum Gasteiger partial charge on any atom is -0.337 e. The second-order valence-electron chi connectivity index (χ2n) is 5.70. The molecule has 2 aliphatic heterocycles. The van der Waals surface area contributed by atoms with Crippen LogP contribution in [0.15, 0.2) is 16.2 Å². The van der Waals surface area contributed by atoms with Gasteiger partial charge in [0.15, 0.2) is 0 Å². The maximum absolute atomic E-state index is 5.55. The predicted molar refractivity (Wildman–Crippen MR) is 80.0 cm³/mol. The van der Waals surface area contributed by atoms with Crippen molar-refractivity contribution in [3.63, 3.8) is 0 Å². The summed E-state index contributed by atoms with van der Waals surface area (Å²) in [6.45, 7) is 3.38. The second-order valence-corrected chi connectivity index (χ2v) is 6.59. The molecule has 1 N–H and O–H groups in total. The predicted octanol–water partition coefficient (Wildman–Crippen LogP) is 2.08. The van der Waals surface area contributed by atoms with Gasteiger partial charge in [0.2, 0.25) is 11.7 Å². The lowest BCUT2D eigenvalue weighted by Crippen LogP contribution is -2.42. The Hall–Kier alpha value is -1.31. The van der Waals surface area contributed by atoms with Crippen molar-refractivity contribution in [1.82, 2.24) is 25.3 Å². The molecule has 2 aromatic rings. The van der Waals surface area contributed by atoms with Crippen LogP contribution in [0.1, 0.15) is 37.6 Å². The van der Waals surface area contributed by atoms with Crippen LogP contribution >= 0.6 is 11.3 Å². The molecule has 2 saturated heterocycles. The average molecular weight is 305 g/mol. The highest BCUT2D eigenvalue weighted by Gasteiger charge is 2.35. The van der Waals surface area contributed by atoms with Crippen molar-refractivity contribution in [2.24, 2.45) is 0 Å². The first kappa shape index (κ1) is 13.4. The molecular formula is C14H19N5OS. The number of hydrogen-bond acceptors (Lipinski definition) is 7. The largest absolute Gasteiger partial charge is 0.337 e. The average Bonchev–Trinajstić information content (AvgIpc) is 3.27. The van der Waals surface area contributed by atoms with Crippen molar-refractivity contribution in [3.05, 3.63) is 17.6 Å². The van der Waals surface area contributed by atoms with Gasteiger partial charge in [-0.25, -0.2) is 0 Å². The van der Waals surface area contributed by atoms with Crippen molar-refractivity contribution >= 4 is 11.3 Å². The Bertz CT molecular complexity index is 578. The Morgan fingerprint density at radius 2 is 2.19 bits per heavy atom. The van der Waals surface area contributed by atoms with E-state index >= 15 is 0 Å². The van der Waals surface area contributed by atoms with Crippen LogP contribution in [0.4, 0.5) is 0 Å². The molecule has 6 nitrogen and oxygen atoms in total. The molecule has 2 aliphatic rings. The van der Waals surface area contributed by atoms with Crippen LogP contribution in [0.25, 0.3) is 10.7 Å². The summed E-state index contributed by atoms with van der Waals surface area (Å²) in [6, 6.07) is 0.944. The molecule has 4 heterocycles. The lowest BCUT2D eigenvalue weighted by molar-refractivity contribution is 0.126. The fourth-order valence-corrected chi connectivity index (χ4v) is 3.97. The van der Waals surface area contributed by atoms with Crippen LogP contribution in [-0.2, 0) is 0 Å². The fraction of sp³-hybridized carbons (Fsp3) is 0.643. The third-order valence-corrected chi connectivity index (χ3v) is 5.22. The number of nitrogens with one attached hydrogen (secondary N) is 1. The Kier molecular flexibility index (Phi) is 3.71. The van der Waals surface area contributed by atoms with Crippen LogP contribution in [0.3, 0.4) is 0 Å². The van der Waals surface area contributed by atoms with Gasteiger partial charge in [-0.1, -0.05) is 5.16 Å². The third kappa shape index (κ3) is 2.61. The minimum absolute atomic E-state index is 0.294. The maximum Gasteiger partial charge on any atom is 0.244 e. The first-order valence-corrected chi connectivity index (χ1v) is 8.49. The summed E-state index contributed by atoms with van der Waals surface area (Å²) in [5, 5.41) is 7.56. The van der Waals surface area contributed by atoms with E-state index in [0.717, 1.165) is 36.8 Å². The van der Waals surface area contributed by atoms with Crippen LogP contribution < -0.4 is 5.32 Å². The molecular weight excluding hydrogens is 286 g/mol. The molecule has 0 saturated carbocycles. The van der Waals surface area contributed by atoms with Crippen molar-refractivity contribution in [3.8, 4) is 10.7 Å². The smallest absolute Gasteiger partial charge is 0.244 e. The molecule has 0 bridgehead atoms. The molecule has 7 heteroatoms. The first-order valence-electron chi connectivity index (χ1n) is 7.61. The van der Waals surface area contributed by atoms with E-state index < -0.39 is 0 Å². The van der Waals surface area contributed by atoms with Gasteiger partial charge in [0.25, 0.3) is 0 Å². The van der Waals surface area contributed by atoms with Gasteiger partial charge in [-0.2, -0.15) is 4.98 Å². The van der Waals surface area contributed by atoms with Gasteiger partial charge < -0.3 is 9.84 Å². The summed E-state index contributed by atoms with van der Waals surface area (Å²) in [4.78, 5) is 12.2. The lowest BCUT2D eigenvalue weighted by atomic mass is 10.0. The van der Waals surface area contributed by atoms with E-state index in [4.69, 9.17) is 4.52 Å². The number of rotatable bonds is 3. The number of piperidine rings is 1. The van der Waals surface area contributed by atoms with Gasteiger partial charge in [-0.05, 0) is 45.3 Å². The zero-order chi connectivity index (χ0) is 14.1. The summed E-state index contributed by atoms with van der Waals surface area (Å²) >= 11 is 1.54. The number of likely N-dealkylation sites (tertiary alicyclic amines) is 1. The van der Waals surface area contributed by atoms with E-state index in [2.05, 4.69) is 25.3 Å². The Morgan fingerprint density at radius 3 is 3.00 bits per heavy atom. The second kappa shape index (κ2) is 5.82. The molecule has 112 valence electrons. The van der Waals surface area contributed by atoms with Crippen LogP contribution in [-0.4, -0.2) is 45.7 Å². The number of aromatic nitrogens is 3. The van der Waals surface area contributed by atoms with E-state index in [-0.39, 0.29) is 0 Å². The molecule has 2 fully saturated rings. The molecule has 21 heavy (non-hydrogen) atoms. The molecule has 0 amide bonds. The summed E-state index contributed by atoms with van der Waals surface area (Å²) in [6.07, 6.45) is 6.55. The number of hydrogen-bond donors (Lipinski definition) is 1. The van der Waals surface area contributed by atoms with E-state index in [9.17, 15) is 0 Å². The van der Waals surface area contributed by atoms with E-state index in [1.54, 1.807) is 23.0 Å². The molecule has 0 spiro atoms. The summed E-state index contributed by atoms with van der Waals surface area (Å²) < 4.78 is 5.55. The zero-order valence-electron chi connectivity index (χ0n) is 11.9. The Balaban J connectivity index is 1.54. The van der Waals surface area contributed by atoms with Crippen molar-refractivity contribution in [2.45, 2.75) is 37.8 Å². The normalized spacial score (nSPS) is 24.7. The first-order chi connectivity index (χ1) is 10.4. The summed E-state index contributed by atoms with van der Waals surface area (Å²) in [5.41, 5.74) is 1.79. The molecule has 0 aliphatic carbocycles.